The van der Waals surface area contributed by atoms with Gasteiger partial charge in [0.2, 0.25) is 0 Å². The number of thiophene rings is 1. The second kappa shape index (κ2) is 6.01. The zero-order valence-corrected chi connectivity index (χ0v) is 11.0. The molecule has 1 aromatic rings. The molecule has 1 heterocycles. The van der Waals surface area contributed by atoms with E-state index in [1.165, 1.54) is 10.4 Å². The van der Waals surface area contributed by atoms with Gasteiger partial charge in [-0.2, -0.15) is 0 Å². The monoisotopic (exact) mass is 240 g/mol. The number of hydrogen-bond acceptors (Lipinski definition) is 3. The van der Waals surface area contributed by atoms with E-state index in [4.69, 9.17) is 5.73 Å². The Bertz CT molecular complexity index is 340. The van der Waals surface area contributed by atoms with Gasteiger partial charge in [-0.05, 0) is 31.9 Å². The molecular weight excluding hydrogens is 220 g/mol. The normalized spacial score (nSPS) is 12.5. The molecule has 0 saturated carbocycles. The lowest BCUT2D eigenvalue weighted by molar-refractivity contribution is 0.0940. The molecule has 3 nitrogen and oxygen atoms in total. The maximum absolute atomic E-state index is 11.9. The molecule has 1 rings (SSSR count). The molecule has 0 aliphatic rings. The molecular formula is C12H20N2OS. The maximum atomic E-state index is 11.9. The SMILES string of the molecule is CCCC(CN)NC(=O)c1cc(C)c(C)s1. The molecule has 0 spiro atoms. The third-order valence-electron chi connectivity index (χ3n) is 2.65. The lowest BCUT2D eigenvalue weighted by Crippen LogP contribution is -2.39. The summed E-state index contributed by atoms with van der Waals surface area (Å²) in [6, 6.07) is 2.04. The third-order valence-corrected chi connectivity index (χ3v) is 3.80. The van der Waals surface area contributed by atoms with Gasteiger partial charge in [-0.25, -0.2) is 0 Å². The van der Waals surface area contributed by atoms with Crippen molar-refractivity contribution < 1.29 is 4.79 Å². The van der Waals surface area contributed by atoms with E-state index in [9.17, 15) is 4.79 Å². The summed E-state index contributed by atoms with van der Waals surface area (Å²) in [5.74, 6) is 0.00472. The van der Waals surface area contributed by atoms with E-state index in [1.54, 1.807) is 11.3 Å². The van der Waals surface area contributed by atoms with Crippen molar-refractivity contribution in [3.63, 3.8) is 0 Å². The summed E-state index contributed by atoms with van der Waals surface area (Å²) in [6.45, 7) is 6.65. The molecule has 4 heteroatoms. The average Bonchev–Trinajstić information content (AvgIpc) is 2.58. The van der Waals surface area contributed by atoms with Crippen molar-refractivity contribution in [2.45, 2.75) is 39.7 Å². The highest BCUT2D eigenvalue weighted by Gasteiger charge is 2.14. The van der Waals surface area contributed by atoms with Crippen LogP contribution in [0.5, 0.6) is 0 Å². The van der Waals surface area contributed by atoms with E-state index in [2.05, 4.69) is 12.2 Å². The molecule has 0 aliphatic carbocycles. The predicted molar refractivity (Wildman–Crippen MR) is 69.0 cm³/mol. The number of rotatable bonds is 5. The molecule has 1 aromatic heterocycles. The van der Waals surface area contributed by atoms with Gasteiger partial charge in [-0.3, -0.25) is 4.79 Å². The lowest BCUT2D eigenvalue weighted by Gasteiger charge is -2.14. The van der Waals surface area contributed by atoms with Gasteiger partial charge in [-0.1, -0.05) is 13.3 Å². The van der Waals surface area contributed by atoms with Gasteiger partial charge in [0.25, 0.3) is 5.91 Å². The maximum Gasteiger partial charge on any atom is 0.261 e. The molecule has 16 heavy (non-hydrogen) atoms. The number of nitrogens with two attached hydrogens (primary N) is 1. The number of aryl methyl sites for hydroxylation is 2. The quantitative estimate of drug-likeness (QED) is 0.829. The smallest absolute Gasteiger partial charge is 0.261 e. The van der Waals surface area contributed by atoms with E-state index < -0.39 is 0 Å². The summed E-state index contributed by atoms with van der Waals surface area (Å²) in [5, 5.41) is 2.97. The van der Waals surface area contributed by atoms with Crippen molar-refractivity contribution >= 4 is 17.2 Å². The number of hydrogen-bond donors (Lipinski definition) is 2. The number of amides is 1. The van der Waals surface area contributed by atoms with Crippen LogP contribution in [0.3, 0.4) is 0 Å². The van der Waals surface area contributed by atoms with Gasteiger partial charge in [0.1, 0.15) is 0 Å². The highest BCUT2D eigenvalue weighted by atomic mass is 32.1. The molecule has 0 radical (unpaired) electrons. The standard InChI is InChI=1S/C12H20N2OS/c1-4-5-10(7-13)14-12(15)11-6-8(2)9(3)16-11/h6,10H,4-5,7,13H2,1-3H3,(H,14,15). The zero-order valence-electron chi connectivity index (χ0n) is 10.2. The van der Waals surface area contributed by atoms with Crippen LogP contribution in [0.15, 0.2) is 6.07 Å². The first kappa shape index (κ1) is 13.2. The van der Waals surface area contributed by atoms with Gasteiger partial charge in [-0.15, -0.1) is 11.3 Å². The summed E-state index contributed by atoms with van der Waals surface area (Å²) in [7, 11) is 0. The van der Waals surface area contributed by atoms with Gasteiger partial charge in [0, 0.05) is 17.5 Å². The van der Waals surface area contributed by atoms with E-state index in [1.807, 2.05) is 19.9 Å². The Morgan fingerprint density at radius 3 is 2.69 bits per heavy atom. The van der Waals surface area contributed by atoms with Crippen molar-refractivity contribution in [3.8, 4) is 0 Å². The van der Waals surface area contributed by atoms with Crippen molar-refractivity contribution in [1.29, 1.82) is 0 Å². The minimum atomic E-state index is 0.00472. The second-order valence-electron chi connectivity index (χ2n) is 4.04. The first-order valence-electron chi connectivity index (χ1n) is 5.66. The van der Waals surface area contributed by atoms with Crippen LogP contribution in [-0.2, 0) is 0 Å². The Morgan fingerprint density at radius 2 is 2.25 bits per heavy atom. The number of nitrogens with one attached hydrogen (secondary N) is 1. The lowest BCUT2D eigenvalue weighted by atomic mass is 10.1. The van der Waals surface area contributed by atoms with Crippen LogP contribution in [0.25, 0.3) is 0 Å². The van der Waals surface area contributed by atoms with Gasteiger partial charge < -0.3 is 11.1 Å². The van der Waals surface area contributed by atoms with Crippen molar-refractivity contribution in [3.05, 3.63) is 21.4 Å². The van der Waals surface area contributed by atoms with Crippen LogP contribution in [-0.4, -0.2) is 18.5 Å². The third kappa shape index (κ3) is 3.32. The Kier molecular flexibility index (Phi) is 4.96. The van der Waals surface area contributed by atoms with Crippen LogP contribution >= 0.6 is 11.3 Å². The molecule has 1 unspecified atom stereocenters. The van der Waals surface area contributed by atoms with Crippen LogP contribution in [0, 0.1) is 13.8 Å². The topological polar surface area (TPSA) is 55.1 Å². The number of carbonyl (C=O) groups excluding carboxylic acids is 1. The molecule has 0 fully saturated rings. The minimum Gasteiger partial charge on any atom is -0.347 e. The Morgan fingerprint density at radius 1 is 1.56 bits per heavy atom. The van der Waals surface area contributed by atoms with Gasteiger partial charge in [0.05, 0.1) is 4.88 Å². The van der Waals surface area contributed by atoms with Crippen molar-refractivity contribution in [1.82, 2.24) is 5.32 Å². The number of carbonyl (C=O) groups is 1. The molecule has 90 valence electrons. The van der Waals surface area contributed by atoms with E-state index in [-0.39, 0.29) is 11.9 Å². The molecule has 1 atom stereocenters. The molecule has 0 aliphatic heterocycles. The highest BCUT2D eigenvalue weighted by molar-refractivity contribution is 7.14. The fraction of sp³-hybridized carbons (Fsp3) is 0.583. The Balaban J connectivity index is 2.64. The molecule has 0 aromatic carbocycles. The first-order chi connectivity index (χ1) is 7.58. The van der Waals surface area contributed by atoms with Crippen molar-refractivity contribution in [2.75, 3.05) is 6.54 Å². The molecule has 1 amide bonds. The Hall–Kier alpha value is -0.870. The van der Waals surface area contributed by atoms with E-state index in [0.717, 1.165) is 17.7 Å². The second-order valence-corrected chi connectivity index (χ2v) is 5.30. The highest BCUT2D eigenvalue weighted by Crippen LogP contribution is 2.20. The summed E-state index contributed by atoms with van der Waals surface area (Å²) in [5.41, 5.74) is 6.78. The summed E-state index contributed by atoms with van der Waals surface area (Å²) < 4.78 is 0. The Labute approximate surface area is 101 Å². The fourth-order valence-electron chi connectivity index (χ4n) is 1.54. The minimum absolute atomic E-state index is 0.00472. The van der Waals surface area contributed by atoms with E-state index >= 15 is 0 Å². The molecule has 3 N–H and O–H groups in total. The van der Waals surface area contributed by atoms with Gasteiger partial charge in [0.15, 0.2) is 0 Å². The largest absolute Gasteiger partial charge is 0.347 e. The van der Waals surface area contributed by atoms with Crippen LogP contribution in [0.4, 0.5) is 0 Å². The van der Waals surface area contributed by atoms with Crippen molar-refractivity contribution in [2.24, 2.45) is 5.73 Å². The molecule has 0 bridgehead atoms. The first-order valence-corrected chi connectivity index (χ1v) is 6.48. The summed E-state index contributed by atoms with van der Waals surface area (Å²) >= 11 is 1.54. The van der Waals surface area contributed by atoms with E-state index in [0.29, 0.717) is 6.54 Å². The summed E-state index contributed by atoms with van der Waals surface area (Å²) in [6.07, 6.45) is 1.97. The fourth-order valence-corrected chi connectivity index (χ4v) is 2.48. The van der Waals surface area contributed by atoms with Gasteiger partial charge >= 0.3 is 0 Å². The predicted octanol–water partition coefficient (Wildman–Crippen LogP) is 2.22. The van der Waals surface area contributed by atoms with Crippen LogP contribution in [0.2, 0.25) is 0 Å². The zero-order chi connectivity index (χ0) is 12.1. The van der Waals surface area contributed by atoms with Crippen LogP contribution in [0.1, 0.15) is 39.9 Å². The average molecular weight is 240 g/mol. The van der Waals surface area contributed by atoms with Crippen LogP contribution < -0.4 is 11.1 Å². The summed E-state index contributed by atoms with van der Waals surface area (Å²) in [4.78, 5) is 13.9. The molecule has 0 saturated heterocycles.